The van der Waals surface area contributed by atoms with E-state index in [4.69, 9.17) is 0 Å². The van der Waals surface area contributed by atoms with Crippen molar-refractivity contribution in [1.82, 2.24) is 20.4 Å². The molecule has 0 saturated heterocycles. The molecule has 0 radical (unpaired) electrons. The van der Waals surface area contributed by atoms with Crippen molar-refractivity contribution in [3.05, 3.63) is 82.6 Å². The van der Waals surface area contributed by atoms with E-state index < -0.39 is 5.91 Å². The summed E-state index contributed by atoms with van der Waals surface area (Å²) in [6.45, 7) is 1.59. The number of hydrogen-bond acceptors (Lipinski definition) is 5. The molecule has 1 aromatic heterocycles. The Hall–Kier alpha value is -4.27. The minimum atomic E-state index is -0.390. The van der Waals surface area contributed by atoms with Gasteiger partial charge in [-0.15, -0.1) is 0 Å². The Morgan fingerprint density at radius 2 is 1.56 bits per heavy atom. The molecule has 9 heteroatoms. The predicted molar refractivity (Wildman–Crippen MR) is 120 cm³/mol. The lowest BCUT2D eigenvalue weighted by Crippen LogP contribution is -2.38. The number of amides is 3. The molecule has 3 N–H and O–H groups in total. The van der Waals surface area contributed by atoms with E-state index in [-0.39, 0.29) is 37.0 Å². The van der Waals surface area contributed by atoms with E-state index in [9.17, 15) is 19.2 Å². The highest BCUT2D eigenvalue weighted by atomic mass is 16.2. The van der Waals surface area contributed by atoms with Gasteiger partial charge in [0.25, 0.3) is 11.5 Å². The second kappa shape index (κ2) is 10.7. The predicted octanol–water partition coefficient (Wildman–Crippen LogP) is 1.41. The van der Waals surface area contributed by atoms with Crippen molar-refractivity contribution in [2.75, 3.05) is 18.4 Å². The van der Waals surface area contributed by atoms with E-state index >= 15 is 0 Å². The van der Waals surface area contributed by atoms with E-state index in [2.05, 4.69) is 21.0 Å². The molecule has 1 heterocycles. The van der Waals surface area contributed by atoms with Gasteiger partial charge >= 0.3 is 0 Å². The van der Waals surface area contributed by atoms with Gasteiger partial charge in [0.2, 0.25) is 11.8 Å². The normalized spacial score (nSPS) is 10.3. The molecule has 9 nitrogen and oxygen atoms in total. The van der Waals surface area contributed by atoms with Gasteiger partial charge in [-0.3, -0.25) is 19.2 Å². The van der Waals surface area contributed by atoms with Crippen LogP contribution in [-0.2, 0) is 16.1 Å². The number of carbonyl (C=O) groups is 3. The molecule has 0 aliphatic rings. The SMILES string of the molecule is CC(=O)Nc1ccc(C(=O)NCCNC(=O)Cn2nc(-c3ccccc3)ccc2=O)cc1. The average Bonchev–Trinajstić information content (AvgIpc) is 2.79. The van der Waals surface area contributed by atoms with Gasteiger partial charge in [-0.25, -0.2) is 4.68 Å². The van der Waals surface area contributed by atoms with E-state index in [0.717, 1.165) is 10.2 Å². The molecular formula is C23H23N5O4. The summed E-state index contributed by atoms with van der Waals surface area (Å²) >= 11 is 0. The standard InChI is InChI=1S/C23H23N5O4/c1-16(29)26-19-9-7-18(8-10-19)23(32)25-14-13-24-21(30)15-28-22(31)12-11-20(27-28)17-5-3-2-4-6-17/h2-12H,13-15H2,1H3,(H,24,30)(H,25,32)(H,26,29). The molecule has 32 heavy (non-hydrogen) atoms. The van der Waals surface area contributed by atoms with Crippen molar-refractivity contribution in [3.63, 3.8) is 0 Å². The highest BCUT2D eigenvalue weighted by Gasteiger charge is 2.09. The molecule has 0 bridgehead atoms. The first-order chi connectivity index (χ1) is 15.4. The second-order valence-corrected chi connectivity index (χ2v) is 6.94. The third kappa shape index (κ3) is 6.36. The van der Waals surface area contributed by atoms with E-state index in [1.54, 1.807) is 30.3 Å². The zero-order valence-corrected chi connectivity index (χ0v) is 17.5. The molecule has 0 atom stereocenters. The van der Waals surface area contributed by atoms with Gasteiger partial charge in [0.05, 0.1) is 5.69 Å². The van der Waals surface area contributed by atoms with Crippen molar-refractivity contribution >= 4 is 23.4 Å². The number of benzene rings is 2. The van der Waals surface area contributed by atoms with Crippen LogP contribution < -0.4 is 21.5 Å². The minimum Gasteiger partial charge on any atom is -0.353 e. The van der Waals surface area contributed by atoms with E-state index in [1.165, 1.54) is 13.0 Å². The lowest BCUT2D eigenvalue weighted by Gasteiger charge is -2.09. The third-order valence-electron chi connectivity index (χ3n) is 4.43. The summed E-state index contributed by atoms with van der Waals surface area (Å²) in [7, 11) is 0. The van der Waals surface area contributed by atoms with Crippen LogP contribution in [0, 0.1) is 0 Å². The van der Waals surface area contributed by atoms with Gasteiger partial charge < -0.3 is 16.0 Å². The van der Waals surface area contributed by atoms with Gasteiger partial charge in [-0.05, 0) is 30.3 Å². The van der Waals surface area contributed by atoms with Crippen LogP contribution >= 0.6 is 0 Å². The van der Waals surface area contributed by atoms with Crippen LogP contribution in [0.15, 0.2) is 71.5 Å². The molecule has 3 rings (SSSR count). The van der Waals surface area contributed by atoms with Gasteiger partial charge in [-0.2, -0.15) is 5.10 Å². The van der Waals surface area contributed by atoms with Crippen molar-refractivity contribution in [1.29, 1.82) is 0 Å². The number of anilines is 1. The minimum absolute atomic E-state index is 0.192. The molecule has 164 valence electrons. The summed E-state index contributed by atoms with van der Waals surface area (Å²) < 4.78 is 1.10. The summed E-state index contributed by atoms with van der Waals surface area (Å²) in [6.07, 6.45) is 0. The Morgan fingerprint density at radius 1 is 0.875 bits per heavy atom. The van der Waals surface area contributed by atoms with Crippen LogP contribution in [-0.4, -0.2) is 40.6 Å². The van der Waals surface area contributed by atoms with Crippen LogP contribution in [0.3, 0.4) is 0 Å². The summed E-state index contributed by atoms with van der Waals surface area (Å²) in [5.41, 5.74) is 2.08. The first kappa shape index (κ1) is 22.4. The molecule has 0 saturated carbocycles. The average molecular weight is 433 g/mol. The van der Waals surface area contributed by atoms with E-state index in [0.29, 0.717) is 16.9 Å². The molecule has 0 aliphatic heterocycles. The summed E-state index contributed by atoms with van der Waals surface area (Å²) in [4.78, 5) is 47.4. The fraction of sp³-hybridized carbons (Fsp3) is 0.174. The molecule has 2 aromatic carbocycles. The first-order valence-corrected chi connectivity index (χ1v) is 9.98. The van der Waals surface area contributed by atoms with Gasteiger partial charge in [0.1, 0.15) is 6.54 Å². The van der Waals surface area contributed by atoms with E-state index in [1.807, 2.05) is 30.3 Å². The number of aromatic nitrogens is 2. The van der Waals surface area contributed by atoms with Crippen LogP contribution in [0.2, 0.25) is 0 Å². The lowest BCUT2D eigenvalue weighted by molar-refractivity contribution is -0.121. The van der Waals surface area contributed by atoms with Gasteiger partial charge in [-0.1, -0.05) is 30.3 Å². The number of carbonyl (C=O) groups excluding carboxylic acids is 3. The lowest BCUT2D eigenvalue weighted by atomic mass is 10.1. The highest BCUT2D eigenvalue weighted by molar-refractivity contribution is 5.95. The summed E-state index contributed by atoms with van der Waals surface area (Å²) in [5.74, 6) is -0.886. The smallest absolute Gasteiger partial charge is 0.267 e. The maximum absolute atomic E-state index is 12.2. The van der Waals surface area contributed by atoms with Crippen LogP contribution in [0.1, 0.15) is 17.3 Å². The second-order valence-electron chi connectivity index (χ2n) is 6.94. The van der Waals surface area contributed by atoms with Crippen LogP contribution in [0.4, 0.5) is 5.69 Å². The molecule has 0 aliphatic carbocycles. The largest absolute Gasteiger partial charge is 0.353 e. The first-order valence-electron chi connectivity index (χ1n) is 9.98. The molecule has 0 spiro atoms. The van der Waals surface area contributed by atoms with Gasteiger partial charge in [0, 0.05) is 42.9 Å². The maximum Gasteiger partial charge on any atom is 0.267 e. The number of hydrogen-bond donors (Lipinski definition) is 3. The zero-order chi connectivity index (χ0) is 22.9. The third-order valence-corrected chi connectivity index (χ3v) is 4.43. The molecule has 0 unspecified atom stereocenters. The van der Waals surface area contributed by atoms with Crippen molar-refractivity contribution in [2.45, 2.75) is 13.5 Å². The monoisotopic (exact) mass is 433 g/mol. The zero-order valence-electron chi connectivity index (χ0n) is 17.5. The quantitative estimate of drug-likeness (QED) is 0.464. The number of rotatable bonds is 8. The Balaban J connectivity index is 1.47. The molecule has 0 fully saturated rings. The summed E-state index contributed by atoms with van der Waals surface area (Å²) in [6, 6.07) is 18.8. The fourth-order valence-electron chi connectivity index (χ4n) is 2.91. The molecule has 3 amide bonds. The van der Waals surface area contributed by atoms with Crippen LogP contribution in [0.25, 0.3) is 11.3 Å². The Bertz CT molecular complexity index is 1160. The Labute approximate surface area is 184 Å². The maximum atomic E-state index is 12.2. The van der Waals surface area contributed by atoms with Crippen molar-refractivity contribution in [2.24, 2.45) is 0 Å². The fourth-order valence-corrected chi connectivity index (χ4v) is 2.91. The van der Waals surface area contributed by atoms with Gasteiger partial charge in [0.15, 0.2) is 0 Å². The number of nitrogens with zero attached hydrogens (tertiary/aromatic N) is 2. The molecular weight excluding hydrogens is 410 g/mol. The van der Waals surface area contributed by atoms with Crippen LogP contribution in [0.5, 0.6) is 0 Å². The summed E-state index contributed by atoms with van der Waals surface area (Å²) in [5, 5.41) is 12.2. The molecule has 3 aromatic rings. The Kier molecular flexibility index (Phi) is 7.47. The Morgan fingerprint density at radius 3 is 2.25 bits per heavy atom. The highest BCUT2D eigenvalue weighted by Crippen LogP contribution is 2.14. The van der Waals surface area contributed by atoms with Crippen molar-refractivity contribution in [3.8, 4) is 11.3 Å². The number of nitrogens with one attached hydrogen (secondary N) is 3. The van der Waals surface area contributed by atoms with Crippen molar-refractivity contribution < 1.29 is 14.4 Å². The topological polar surface area (TPSA) is 122 Å².